The summed E-state index contributed by atoms with van der Waals surface area (Å²) in [6, 6.07) is 16.5. The van der Waals surface area contributed by atoms with E-state index < -0.39 is 5.97 Å². The van der Waals surface area contributed by atoms with Crippen LogP contribution in [-0.2, 0) is 19.5 Å². The number of carboxylic acids is 1. The number of aromatic nitrogens is 2. The van der Waals surface area contributed by atoms with Gasteiger partial charge in [-0.25, -0.2) is 9.78 Å². The number of likely N-dealkylation sites (tertiary alicyclic amines) is 1. The average molecular weight is 392 g/mol. The molecule has 5 nitrogen and oxygen atoms in total. The van der Waals surface area contributed by atoms with Gasteiger partial charge in [0, 0.05) is 12.6 Å². The Kier molecular flexibility index (Phi) is 5.95. The zero-order chi connectivity index (χ0) is 20.2. The number of hydrogen-bond donors (Lipinski definition) is 1. The first kappa shape index (κ1) is 19.6. The number of piperidine rings is 1. The van der Waals surface area contributed by atoms with E-state index in [4.69, 9.17) is 4.98 Å². The lowest BCUT2D eigenvalue weighted by Crippen LogP contribution is -2.39. The maximum absolute atomic E-state index is 11.3. The Morgan fingerprint density at radius 3 is 2.76 bits per heavy atom. The van der Waals surface area contributed by atoms with E-state index in [1.165, 1.54) is 31.2 Å². The number of imidazole rings is 1. The van der Waals surface area contributed by atoms with Crippen molar-refractivity contribution in [2.75, 3.05) is 6.54 Å². The number of aromatic carboxylic acids is 1. The summed E-state index contributed by atoms with van der Waals surface area (Å²) in [4.78, 5) is 18.7. The zero-order valence-electron chi connectivity index (χ0n) is 17.1. The molecule has 0 amide bonds. The fourth-order valence-corrected chi connectivity index (χ4v) is 4.54. The SMILES string of the molecule is CCn1c(CN2CCCCC2CCc2ccccc2)nc2cc(C(=O)O)ccc21. The van der Waals surface area contributed by atoms with Gasteiger partial charge in [-0.15, -0.1) is 0 Å². The molecule has 0 saturated carbocycles. The maximum Gasteiger partial charge on any atom is 0.335 e. The molecule has 0 radical (unpaired) electrons. The van der Waals surface area contributed by atoms with Crippen LogP contribution in [0.4, 0.5) is 0 Å². The summed E-state index contributed by atoms with van der Waals surface area (Å²) in [5.41, 5.74) is 3.49. The van der Waals surface area contributed by atoms with E-state index in [1.807, 2.05) is 6.07 Å². The molecule has 0 aliphatic carbocycles. The third-order valence-corrected chi connectivity index (χ3v) is 6.09. The third-order valence-electron chi connectivity index (χ3n) is 6.09. The predicted octanol–water partition coefficient (Wildman–Crippen LogP) is 4.74. The van der Waals surface area contributed by atoms with Crippen LogP contribution in [0.25, 0.3) is 11.0 Å². The van der Waals surface area contributed by atoms with Crippen LogP contribution in [0.5, 0.6) is 0 Å². The van der Waals surface area contributed by atoms with E-state index >= 15 is 0 Å². The number of fused-ring (bicyclic) bond motifs is 1. The molecule has 1 aromatic heterocycles. The van der Waals surface area contributed by atoms with E-state index in [2.05, 4.69) is 46.7 Å². The third kappa shape index (κ3) is 4.35. The standard InChI is InChI=1S/C24H29N3O2/c1-2-27-22-14-12-19(24(28)29)16-21(22)25-23(27)17-26-15-7-6-10-20(26)13-11-18-8-4-3-5-9-18/h3-5,8-9,12,14,16,20H,2,6-7,10-11,13,15,17H2,1H3,(H,28,29). The zero-order valence-corrected chi connectivity index (χ0v) is 17.1. The molecule has 1 saturated heterocycles. The second kappa shape index (κ2) is 8.78. The lowest BCUT2D eigenvalue weighted by molar-refractivity contribution is 0.0697. The van der Waals surface area contributed by atoms with Gasteiger partial charge in [0.1, 0.15) is 5.82 Å². The number of carboxylic acid groups (broad SMARTS) is 1. The second-order valence-electron chi connectivity index (χ2n) is 7.93. The van der Waals surface area contributed by atoms with Gasteiger partial charge < -0.3 is 9.67 Å². The van der Waals surface area contributed by atoms with Crippen molar-refractivity contribution in [3.05, 3.63) is 65.5 Å². The number of nitrogens with zero attached hydrogens (tertiary/aromatic N) is 3. The molecule has 2 heterocycles. The fraction of sp³-hybridized carbons (Fsp3) is 0.417. The van der Waals surface area contributed by atoms with E-state index in [-0.39, 0.29) is 0 Å². The Morgan fingerprint density at radius 2 is 2.00 bits per heavy atom. The van der Waals surface area contributed by atoms with Gasteiger partial charge in [0.15, 0.2) is 0 Å². The fourth-order valence-electron chi connectivity index (χ4n) is 4.54. The summed E-state index contributed by atoms with van der Waals surface area (Å²) < 4.78 is 2.23. The molecule has 5 heteroatoms. The van der Waals surface area contributed by atoms with Crippen LogP contribution < -0.4 is 0 Å². The molecule has 0 spiro atoms. The topological polar surface area (TPSA) is 58.4 Å². The Labute approximate surface area is 172 Å². The molecule has 2 aromatic carbocycles. The summed E-state index contributed by atoms with van der Waals surface area (Å²) in [7, 11) is 0. The highest BCUT2D eigenvalue weighted by Crippen LogP contribution is 2.25. The summed E-state index contributed by atoms with van der Waals surface area (Å²) in [5.74, 6) is 0.133. The van der Waals surface area contributed by atoms with Crippen molar-refractivity contribution in [1.29, 1.82) is 0 Å². The minimum atomic E-state index is -0.906. The highest BCUT2D eigenvalue weighted by atomic mass is 16.4. The Hall–Kier alpha value is -2.66. The smallest absolute Gasteiger partial charge is 0.335 e. The van der Waals surface area contributed by atoms with Crippen LogP contribution >= 0.6 is 0 Å². The van der Waals surface area contributed by atoms with Gasteiger partial charge in [0.25, 0.3) is 0 Å². The van der Waals surface area contributed by atoms with Gasteiger partial charge >= 0.3 is 5.97 Å². The van der Waals surface area contributed by atoms with E-state index in [1.54, 1.807) is 12.1 Å². The molecule has 4 rings (SSSR count). The van der Waals surface area contributed by atoms with Crippen LogP contribution in [0.1, 0.15) is 54.4 Å². The molecule has 0 bridgehead atoms. The van der Waals surface area contributed by atoms with Crippen molar-refractivity contribution in [2.24, 2.45) is 0 Å². The molecule has 1 fully saturated rings. The summed E-state index contributed by atoms with van der Waals surface area (Å²) in [6.45, 7) is 4.89. The first-order valence-corrected chi connectivity index (χ1v) is 10.7. The molecule has 1 aliphatic rings. The first-order valence-electron chi connectivity index (χ1n) is 10.7. The second-order valence-corrected chi connectivity index (χ2v) is 7.93. The van der Waals surface area contributed by atoms with Gasteiger partial charge in [-0.1, -0.05) is 36.8 Å². The Morgan fingerprint density at radius 1 is 1.17 bits per heavy atom. The minimum Gasteiger partial charge on any atom is -0.478 e. The van der Waals surface area contributed by atoms with Crippen LogP contribution in [0.3, 0.4) is 0 Å². The predicted molar refractivity (Wildman–Crippen MR) is 115 cm³/mol. The molecular formula is C24H29N3O2. The summed E-state index contributed by atoms with van der Waals surface area (Å²) >= 11 is 0. The molecular weight excluding hydrogens is 362 g/mol. The van der Waals surface area contributed by atoms with Crippen molar-refractivity contribution in [3.63, 3.8) is 0 Å². The van der Waals surface area contributed by atoms with Crippen LogP contribution in [0.15, 0.2) is 48.5 Å². The Bertz CT molecular complexity index is 980. The summed E-state index contributed by atoms with van der Waals surface area (Å²) in [5, 5.41) is 9.28. The largest absolute Gasteiger partial charge is 0.478 e. The average Bonchev–Trinajstić information content (AvgIpc) is 3.10. The molecule has 29 heavy (non-hydrogen) atoms. The van der Waals surface area contributed by atoms with Crippen LogP contribution in [0.2, 0.25) is 0 Å². The molecule has 1 atom stereocenters. The minimum absolute atomic E-state index is 0.295. The number of carbonyl (C=O) groups is 1. The molecule has 152 valence electrons. The van der Waals surface area contributed by atoms with Gasteiger partial charge in [-0.3, -0.25) is 4.90 Å². The highest BCUT2D eigenvalue weighted by molar-refractivity contribution is 5.92. The van der Waals surface area contributed by atoms with Gasteiger partial charge in [0.05, 0.1) is 23.1 Å². The van der Waals surface area contributed by atoms with Crippen LogP contribution in [0, 0.1) is 0 Å². The maximum atomic E-state index is 11.3. The van der Waals surface area contributed by atoms with Crippen LogP contribution in [-0.4, -0.2) is 38.1 Å². The lowest BCUT2D eigenvalue weighted by atomic mass is 9.96. The van der Waals surface area contributed by atoms with Crippen molar-refractivity contribution >= 4 is 17.0 Å². The number of benzene rings is 2. The van der Waals surface area contributed by atoms with Crippen molar-refractivity contribution in [1.82, 2.24) is 14.5 Å². The number of aryl methyl sites for hydroxylation is 2. The molecule has 1 N–H and O–H groups in total. The normalized spacial score (nSPS) is 17.6. The molecule has 3 aromatic rings. The highest BCUT2D eigenvalue weighted by Gasteiger charge is 2.24. The quantitative estimate of drug-likeness (QED) is 0.632. The van der Waals surface area contributed by atoms with Crippen molar-refractivity contribution in [2.45, 2.75) is 58.2 Å². The lowest BCUT2D eigenvalue weighted by Gasteiger charge is -2.35. The van der Waals surface area contributed by atoms with Gasteiger partial charge in [0.2, 0.25) is 0 Å². The van der Waals surface area contributed by atoms with E-state index in [9.17, 15) is 9.90 Å². The number of rotatable bonds is 7. The first-order chi connectivity index (χ1) is 14.2. The van der Waals surface area contributed by atoms with Crippen molar-refractivity contribution in [3.8, 4) is 0 Å². The van der Waals surface area contributed by atoms with Crippen molar-refractivity contribution < 1.29 is 9.90 Å². The van der Waals surface area contributed by atoms with E-state index in [0.29, 0.717) is 11.6 Å². The summed E-state index contributed by atoms with van der Waals surface area (Å²) in [6.07, 6.45) is 6.04. The number of hydrogen-bond acceptors (Lipinski definition) is 3. The van der Waals surface area contributed by atoms with E-state index in [0.717, 1.165) is 42.9 Å². The van der Waals surface area contributed by atoms with Gasteiger partial charge in [-0.05, 0) is 62.9 Å². The molecule has 1 unspecified atom stereocenters. The monoisotopic (exact) mass is 391 g/mol. The molecule has 1 aliphatic heterocycles. The Balaban J connectivity index is 1.54. The van der Waals surface area contributed by atoms with Gasteiger partial charge in [-0.2, -0.15) is 0 Å².